The van der Waals surface area contributed by atoms with Crippen LogP contribution in [0.5, 0.6) is 0 Å². The van der Waals surface area contributed by atoms with E-state index in [0.717, 1.165) is 25.7 Å². The zero-order chi connectivity index (χ0) is 7.90. The normalized spacial score (nSPS) is 42.0. The van der Waals surface area contributed by atoms with Gasteiger partial charge in [0.15, 0.2) is 0 Å². The summed E-state index contributed by atoms with van der Waals surface area (Å²) in [6, 6.07) is 0. The fraction of sp³-hybridized carbons (Fsp3) is 1.00. The van der Waals surface area contributed by atoms with Gasteiger partial charge in [0.25, 0.3) is 0 Å². The van der Waals surface area contributed by atoms with Crippen LogP contribution in [-0.4, -0.2) is 25.9 Å². The zero-order valence-electron chi connectivity index (χ0n) is 7.30. The van der Waals surface area contributed by atoms with Crippen molar-refractivity contribution in [3.8, 4) is 0 Å². The molecule has 2 atom stereocenters. The molecule has 2 nitrogen and oxygen atoms in total. The van der Waals surface area contributed by atoms with Gasteiger partial charge < -0.3 is 9.47 Å². The van der Waals surface area contributed by atoms with Crippen molar-refractivity contribution in [1.82, 2.24) is 0 Å². The van der Waals surface area contributed by atoms with E-state index >= 15 is 0 Å². The molecule has 2 aliphatic rings. The van der Waals surface area contributed by atoms with E-state index in [1.807, 2.05) is 0 Å². The lowest BCUT2D eigenvalue weighted by Gasteiger charge is -2.50. The van der Waals surface area contributed by atoms with Crippen molar-refractivity contribution in [2.24, 2.45) is 11.3 Å². The molecule has 2 saturated heterocycles. The topological polar surface area (TPSA) is 18.5 Å². The van der Waals surface area contributed by atoms with Gasteiger partial charge in [-0.05, 0) is 19.3 Å². The number of hydrogen-bond donors (Lipinski definition) is 0. The molecule has 0 radical (unpaired) electrons. The van der Waals surface area contributed by atoms with Crippen LogP contribution < -0.4 is 0 Å². The van der Waals surface area contributed by atoms with Gasteiger partial charge >= 0.3 is 0 Å². The highest BCUT2D eigenvalue weighted by atomic mass is 16.5. The predicted octanol–water partition coefficient (Wildman–Crippen LogP) is 1.45. The Morgan fingerprint density at radius 3 is 2.45 bits per heavy atom. The maximum Gasteiger partial charge on any atom is 0.0647 e. The Bertz CT molecular complexity index is 152. The SMILES string of the molecule is CC1COC(C)C2(COC2)C1. The second kappa shape index (κ2) is 2.46. The average Bonchev–Trinajstić information content (AvgIpc) is 1.91. The second-order valence-corrected chi connectivity index (χ2v) is 4.14. The lowest BCUT2D eigenvalue weighted by atomic mass is 9.72. The molecule has 11 heavy (non-hydrogen) atoms. The van der Waals surface area contributed by atoms with Crippen molar-refractivity contribution in [2.75, 3.05) is 19.8 Å². The van der Waals surface area contributed by atoms with Crippen LogP contribution in [0.1, 0.15) is 20.3 Å². The van der Waals surface area contributed by atoms with Crippen molar-refractivity contribution in [3.05, 3.63) is 0 Å². The Balaban J connectivity index is 2.04. The molecule has 0 aromatic carbocycles. The maximum absolute atomic E-state index is 5.67. The molecule has 2 unspecified atom stereocenters. The highest BCUT2D eigenvalue weighted by Gasteiger charge is 2.47. The van der Waals surface area contributed by atoms with Gasteiger partial charge in [0.05, 0.1) is 19.3 Å². The van der Waals surface area contributed by atoms with E-state index in [1.54, 1.807) is 0 Å². The van der Waals surface area contributed by atoms with E-state index < -0.39 is 0 Å². The van der Waals surface area contributed by atoms with Gasteiger partial charge in [0.1, 0.15) is 0 Å². The fourth-order valence-electron chi connectivity index (χ4n) is 2.12. The van der Waals surface area contributed by atoms with Crippen LogP contribution in [0.15, 0.2) is 0 Å². The van der Waals surface area contributed by atoms with Crippen molar-refractivity contribution < 1.29 is 9.47 Å². The van der Waals surface area contributed by atoms with Gasteiger partial charge in [-0.2, -0.15) is 0 Å². The lowest BCUT2D eigenvalue weighted by Crippen LogP contribution is -2.55. The zero-order valence-corrected chi connectivity index (χ0v) is 7.30. The first-order valence-corrected chi connectivity index (χ1v) is 4.42. The molecule has 0 aromatic heterocycles. The summed E-state index contributed by atoms with van der Waals surface area (Å²) >= 11 is 0. The molecule has 1 spiro atoms. The quantitative estimate of drug-likeness (QED) is 0.528. The molecule has 0 saturated carbocycles. The third kappa shape index (κ3) is 1.09. The summed E-state index contributed by atoms with van der Waals surface area (Å²) in [7, 11) is 0. The standard InChI is InChI=1S/C9H16O2/c1-7-3-9(5-10-6-9)8(2)11-4-7/h7-8H,3-6H2,1-2H3. The van der Waals surface area contributed by atoms with Gasteiger partial charge in [0, 0.05) is 12.0 Å². The lowest BCUT2D eigenvalue weighted by molar-refractivity contribution is -0.219. The Morgan fingerprint density at radius 2 is 2.00 bits per heavy atom. The third-order valence-electron chi connectivity index (χ3n) is 3.03. The summed E-state index contributed by atoms with van der Waals surface area (Å²) < 4.78 is 10.9. The molecule has 2 heterocycles. The average molecular weight is 156 g/mol. The predicted molar refractivity (Wildman–Crippen MR) is 42.4 cm³/mol. The van der Waals surface area contributed by atoms with Crippen molar-refractivity contribution in [3.63, 3.8) is 0 Å². The first-order chi connectivity index (χ1) is 5.23. The Kier molecular flexibility index (Phi) is 1.69. The molecule has 2 rings (SSSR count). The van der Waals surface area contributed by atoms with Crippen LogP contribution >= 0.6 is 0 Å². The minimum atomic E-state index is 0.387. The number of rotatable bonds is 0. The Morgan fingerprint density at radius 1 is 1.27 bits per heavy atom. The smallest absolute Gasteiger partial charge is 0.0647 e. The minimum absolute atomic E-state index is 0.387. The minimum Gasteiger partial charge on any atom is -0.380 e. The number of hydrogen-bond acceptors (Lipinski definition) is 2. The summed E-state index contributed by atoms with van der Waals surface area (Å²) in [5, 5.41) is 0. The molecular formula is C9H16O2. The van der Waals surface area contributed by atoms with Gasteiger partial charge in [-0.25, -0.2) is 0 Å². The fourth-order valence-corrected chi connectivity index (χ4v) is 2.12. The Hall–Kier alpha value is -0.0800. The van der Waals surface area contributed by atoms with Gasteiger partial charge in [-0.3, -0.25) is 0 Å². The molecule has 0 aromatic rings. The first-order valence-electron chi connectivity index (χ1n) is 4.42. The molecule has 64 valence electrons. The van der Waals surface area contributed by atoms with Crippen molar-refractivity contribution >= 4 is 0 Å². The van der Waals surface area contributed by atoms with Gasteiger partial charge in [-0.15, -0.1) is 0 Å². The summed E-state index contributed by atoms with van der Waals surface area (Å²) in [6.07, 6.45) is 1.70. The van der Waals surface area contributed by atoms with Crippen molar-refractivity contribution in [2.45, 2.75) is 26.4 Å². The summed E-state index contributed by atoms with van der Waals surface area (Å²) in [6.45, 7) is 7.19. The Labute approximate surface area is 67.9 Å². The molecule has 2 heteroatoms. The molecule has 0 bridgehead atoms. The highest BCUT2D eigenvalue weighted by molar-refractivity contribution is 4.94. The number of ether oxygens (including phenoxy) is 2. The molecule has 0 N–H and O–H groups in total. The van der Waals surface area contributed by atoms with Crippen LogP contribution in [0.3, 0.4) is 0 Å². The molecule has 2 aliphatic heterocycles. The molecular weight excluding hydrogens is 140 g/mol. The van der Waals surface area contributed by atoms with Crippen LogP contribution in [0.2, 0.25) is 0 Å². The van der Waals surface area contributed by atoms with E-state index in [4.69, 9.17) is 9.47 Å². The summed E-state index contributed by atoms with van der Waals surface area (Å²) in [4.78, 5) is 0. The maximum atomic E-state index is 5.67. The largest absolute Gasteiger partial charge is 0.380 e. The van der Waals surface area contributed by atoms with Crippen LogP contribution in [0.25, 0.3) is 0 Å². The van der Waals surface area contributed by atoms with Crippen LogP contribution in [0.4, 0.5) is 0 Å². The second-order valence-electron chi connectivity index (χ2n) is 4.14. The molecule has 0 aliphatic carbocycles. The third-order valence-corrected chi connectivity index (χ3v) is 3.03. The van der Waals surface area contributed by atoms with Crippen LogP contribution in [-0.2, 0) is 9.47 Å². The van der Waals surface area contributed by atoms with E-state index in [-0.39, 0.29) is 0 Å². The van der Waals surface area contributed by atoms with E-state index in [0.29, 0.717) is 11.5 Å². The van der Waals surface area contributed by atoms with Crippen LogP contribution in [0, 0.1) is 11.3 Å². The summed E-state index contributed by atoms with van der Waals surface area (Å²) in [5.74, 6) is 0.718. The first kappa shape index (κ1) is 7.56. The van der Waals surface area contributed by atoms with E-state index in [1.165, 1.54) is 6.42 Å². The molecule has 2 fully saturated rings. The van der Waals surface area contributed by atoms with Gasteiger partial charge in [-0.1, -0.05) is 6.92 Å². The van der Waals surface area contributed by atoms with E-state index in [2.05, 4.69) is 13.8 Å². The summed E-state index contributed by atoms with van der Waals surface area (Å²) in [5.41, 5.74) is 0.387. The molecule has 0 amide bonds. The van der Waals surface area contributed by atoms with E-state index in [9.17, 15) is 0 Å². The van der Waals surface area contributed by atoms with Crippen molar-refractivity contribution in [1.29, 1.82) is 0 Å². The van der Waals surface area contributed by atoms with Gasteiger partial charge in [0.2, 0.25) is 0 Å². The monoisotopic (exact) mass is 156 g/mol. The highest BCUT2D eigenvalue weighted by Crippen LogP contribution is 2.42.